The number of aromatic nitrogens is 4. The predicted octanol–water partition coefficient (Wildman–Crippen LogP) is 7.17. The van der Waals surface area contributed by atoms with Crippen molar-refractivity contribution in [3.63, 3.8) is 0 Å². The maximum atomic E-state index is 13.7. The SMILES string of the molecule is O=c1nc(SCc2ccc(F)c(F)c2)n(CCCCCCCCCc2ccccc2)cc1Cc1cncnc1. The Labute approximate surface area is 232 Å². The highest BCUT2D eigenvalue weighted by Gasteiger charge is 2.12. The molecule has 5 nitrogen and oxygen atoms in total. The third kappa shape index (κ3) is 9.39. The molecule has 4 aromatic rings. The fourth-order valence-electron chi connectivity index (χ4n) is 4.48. The Balaban J connectivity index is 1.30. The van der Waals surface area contributed by atoms with E-state index in [4.69, 9.17) is 0 Å². The molecule has 0 fully saturated rings. The van der Waals surface area contributed by atoms with Gasteiger partial charge in [0.15, 0.2) is 16.8 Å². The molecule has 39 heavy (non-hydrogen) atoms. The van der Waals surface area contributed by atoms with Gasteiger partial charge in [0, 0.05) is 42.9 Å². The smallest absolute Gasteiger partial charge is 0.277 e. The molecule has 0 amide bonds. The van der Waals surface area contributed by atoms with E-state index in [1.54, 1.807) is 18.5 Å². The summed E-state index contributed by atoms with van der Waals surface area (Å²) in [6.45, 7) is 0.736. The summed E-state index contributed by atoms with van der Waals surface area (Å²) in [6.07, 6.45) is 16.4. The molecule has 8 heteroatoms. The second kappa shape index (κ2) is 15.3. The summed E-state index contributed by atoms with van der Waals surface area (Å²) in [5, 5.41) is 0.582. The van der Waals surface area contributed by atoms with Gasteiger partial charge in [0.1, 0.15) is 6.33 Å². The molecule has 2 aromatic carbocycles. The minimum Gasteiger partial charge on any atom is -0.327 e. The van der Waals surface area contributed by atoms with Gasteiger partial charge in [-0.2, -0.15) is 4.98 Å². The number of nitrogens with zero attached hydrogens (tertiary/aromatic N) is 4. The Kier molecular flexibility index (Phi) is 11.2. The van der Waals surface area contributed by atoms with Gasteiger partial charge >= 0.3 is 0 Å². The zero-order valence-corrected chi connectivity index (χ0v) is 22.9. The van der Waals surface area contributed by atoms with Crippen LogP contribution in [0.3, 0.4) is 0 Å². The molecule has 0 N–H and O–H groups in total. The van der Waals surface area contributed by atoms with E-state index in [9.17, 15) is 13.6 Å². The lowest BCUT2D eigenvalue weighted by atomic mass is 10.0. The summed E-state index contributed by atoms with van der Waals surface area (Å²) < 4.78 is 29.0. The molecule has 0 aliphatic heterocycles. The highest BCUT2D eigenvalue weighted by molar-refractivity contribution is 7.98. The van der Waals surface area contributed by atoms with Crippen molar-refractivity contribution in [1.29, 1.82) is 0 Å². The predicted molar refractivity (Wildman–Crippen MR) is 152 cm³/mol. The van der Waals surface area contributed by atoms with E-state index >= 15 is 0 Å². The molecule has 0 unspecified atom stereocenters. The number of thioether (sulfide) groups is 1. The number of halogens is 2. The van der Waals surface area contributed by atoms with Crippen LogP contribution in [0.1, 0.15) is 67.2 Å². The first-order chi connectivity index (χ1) is 19.1. The third-order valence-electron chi connectivity index (χ3n) is 6.60. The van der Waals surface area contributed by atoms with Crippen molar-refractivity contribution >= 4 is 11.8 Å². The van der Waals surface area contributed by atoms with Crippen molar-refractivity contribution in [2.75, 3.05) is 0 Å². The summed E-state index contributed by atoms with van der Waals surface area (Å²) in [5.74, 6) is -1.36. The van der Waals surface area contributed by atoms with Gasteiger partial charge in [-0.15, -0.1) is 0 Å². The number of aryl methyl sites for hydroxylation is 2. The number of benzene rings is 2. The Morgan fingerprint density at radius 1 is 0.769 bits per heavy atom. The molecule has 2 heterocycles. The van der Waals surface area contributed by atoms with Crippen LogP contribution in [0.5, 0.6) is 0 Å². The molecule has 0 atom stereocenters. The van der Waals surface area contributed by atoms with Crippen LogP contribution in [0.25, 0.3) is 0 Å². The van der Waals surface area contributed by atoms with Crippen LogP contribution in [-0.2, 0) is 25.1 Å². The van der Waals surface area contributed by atoms with Crippen LogP contribution in [0, 0.1) is 11.6 Å². The third-order valence-corrected chi connectivity index (χ3v) is 7.66. The van der Waals surface area contributed by atoms with Crippen molar-refractivity contribution in [1.82, 2.24) is 19.5 Å². The summed E-state index contributed by atoms with van der Waals surface area (Å²) in [6, 6.07) is 14.5. The fraction of sp³-hybridized carbons (Fsp3) is 0.355. The van der Waals surface area contributed by atoms with Crippen LogP contribution in [0.2, 0.25) is 0 Å². The van der Waals surface area contributed by atoms with E-state index in [0.717, 1.165) is 37.4 Å². The standard InChI is InChI=1S/C31H34F2N4OS/c32-28-15-14-25(18-29(28)33)22-39-31-36-30(38)27(17-26-19-34-23-35-20-26)21-37(31)16-10-5-3-1-2-4-7-11-24-12-8-6-9-13-24/h6,8-9,12-15,18-21,23H,1-5,7,10-11,16-17,22H2. The second-order valence-electron chi connectivity index (χ2n) is 9.72. The normalized spacial score (nSPS) is 11.1. The summed E-state index contributed by atoms with van der Waals surface area (Å²) in [5.41, 5.74) is 3.18. The number of rotatable bonds is 15. The highest BCUT2D eigenvalue weighted by Crippen LogP contribution is 2.23. The van der Waals surface area contributed by atoms with Crippen molar-refractivity contribution in [2.24, 2.45) is 0 Å². The Morgan fingerprint density at radius 2 is 1.49 bits per heavy atom. The average molecular weight is 549 g/mol. The fourth-order valence-corrected chi connectivity index (χ4v) is 5.41. The Morgan fingerprint density at radius 3 is 2.23 bits per heavy atom. The van der Waals surface area contributed by atoms with E-state index in [1.807, 2.05) is 10.8 Å². The Bertz CT molecular complexity index is 1370. The first kappa shape index (κ1) is 28.6. The van der Waals surface area contributed by atoms with Gasteiger partial charge in [0.05, 0.1) is 0 Å². The van der Waals surface area contributed by atoms with Gasteiger partial charge in [0.25, 0.3) is 5.56 Å². The molecule has 0 aliphatic carbocycles. The van der Waals surface area contributed by atoms with Gasteiger partial charge in [0.2, 0.25) is 0 Å². The topological polar surface area (TPSA) is 60.7 Å². The molecule has 0 bridgehead atoms. The van der Waals surface area contributed by atoms with Gasteiger partial charge in [-0.25, -0.2) is 18.7 Å². The minimum absolute atomic E-state index is 0.293. The number of hydrogen-bond acceptors (Lipinski definition) is 5. The molecule has 0 saturated heterocycles. The van der Waals surface area contributed by atoms with Crippen molar-refractivity contribution in [3.05, 3.63) is 118 Å². The monoisotopic (exact) mass is 548 g/mol. The lowest BCUT2D eigenvalue weighted by Gasteiger charge is -2.14. The van der Waals surface area contributed by atoms with Crippen molar-refractivity contribution < 1.29 is 8.78 Å². The highest BCUT2D eigenvalue weighted by atomic mass is 32.2. The first-order valence-corrected chi connectivity index (χ1v) is 14.5. The van der Waals surface area contributed by atoms with E-state index in [2.05, 4.69) is 45.3 Å². The summed E-state index contributed by atoms with van der Waals surface area (Å²) in [4.78, 5) is 25.2. The van der Waals surface area contributed by atoms with E-state index < -0.39 is 11.6 Å². The maximum absolute atomic E-state index is 13.7. The second-order valence-corrected chi connectivity index (χ2v) is 10.7. The maximum Gasteiger partial charge on any atom is 0.277 e. The number of unbranched alkanes of at least 4 members (excludes halogenated alkanes) is 6. The zero-order valence-electron chi connectivity index (χ0n) is 22.1. The minimum atomic E-state index is -0.876. The molecular formula is C31H34F2N4OS. The molecule has 4 rings (SSSR count). The summed E-state index contributed by atoms with van der Waals surface area (Å²) >= 11 is 1.36. The van der Waals surface area contributed by atoms with Crippen molar-refractivity contribution in [3.8, 4) is 0 Å². The van der Waals surface area contributed by atoms with Crippen molar-refractivity contribution in [2.45, 2.75) is 75.2 Å². The lowest BCUT2D eigenvalue weighted by Crippen LogP contribution is -2.20. The zero-order chi connectivity index (χ0) is 27.3. The molecule has 0 spiro atoms. The van der Waals surface area contributed by atoms with Gasteiger partial charge in [-0.3, -0.25) is 4.79 Å². The average Bonchev–Trinajstić information content (AvgIpc) is 2.95. The van der Waals surface area contributed by atoms with E-state index in [-0.39, 0.29) is 5.56 Å². The molecule has 0 aliphatic rings. The first-order valence-electron chi connectivity index (χ1n) is 13.5. The van der Waals surface area contributed by atoms with E-state index in [1.165, 1.54) is 61.8 Å². The van der Waals surface area contributed by atoms with Crippen LogP contribution in [0.4, 0.5) is 8.78 Å². The molecule has 2 aromatic heterocycles. The van der Waals surface area contributed by atoms with Gasteiger partial charge < -0.3 is 4.57 Å². The molecule has 0 radical (unpaired) electrons. The molecule has 204 valence electrons. The lowest BCUT2D eigenvalue weighted by molar-refractivity contribution is 0.507. The van der Waals surface area contributed by atoms with Crippen LogP contribution < -0.4 is 5.56 Å². The number of hydrogen-bond donors (Lipinski definition) is 0. The van der Waals surface area contributed by atoms with E-state index in [0.29, 0.717) is 28.5 Å². The van der Waals surface area contributed by atoms with Crippen LogP contribution in [0.15, 0.2) is 83.4 Å². The quantitative estimate of drug-likeness (QED) is 0.0896. The summed E-state index contributed by atoms with van der Waals surface area (Å²) in [7, 11) is 0. The van der Waals surface area contributed by atoms with Gasteiger partial charge in [-0.1, -0.05) is 80.3 Å². The molecular weight excluding hydrogens is 514 g/mol. The van der Waals surface area contributed by atoms with Gasteiger partial charge in [-0.05, 0) is 48.1 Å². The van der Waals surface area contributed by atoms with Crippen LogP contribution >= 0.6 is 11.8 Å². The van der Waals surface area contributed by atoms with Crippen LogP contribution in [-0.4, -0.2) is 19.5 Å². The Hall–Kier alpha value is -3.39. The largest absolute Gasteiger partial charge is 0.327 e. The molecule has 0 saturated carbocycles.